The summed E-state index contributed by atoms with van der Waals surface area (Å²) in [6.07, 6.45) is 0. The Kier molecular flexibility index (Phi) is 6.24. The van der Waals surface area contributed by atoms with Gasteiger partial charge in [0.05, 0.1) is 6.54 Å². The number of rotatable bonds is 6. The first-order valence-corrected chi connectivity index (χ1v) is 8.30. The Hall–Kier alpha value is -2.49. The summed E-state index contributed by atoms with van der Waals surface area (Å²) in [5, 5.41) is 5.65. The molecule has 0 aliphatic rings. The zero-order chi connectivity index (χ0) is 17.5. The smallest absolute Gasteiger partial charge is 0.319 e. The highest BCUT2D eigenvalue weighted by Crippen LogP contribution is 2.18. The van der Waals surface area contributed by atoms with Crippen LogP contribution in [0.5, 0.6) is 5.75 Å². The summed E-state index contributed by atoms with van der Waals surface area (Å²) in [6, 6.07) is 13.8. The predicted octanol–water partition coefficient (Wildman–Crippen LogP) is 4.63. The number of anilines is 1. The van der Waals surface area contributed by atoms with Gasteiger partial charge in [0.2, 0.25) is 0 Å². The first-order valence-electron chi connectivity index (χ1n) is 8.30. The lowest BCUT2D eigenvalue weighted by Gasteiger charge is -2.11. The van der Waals surface area contributed by atoms with Gasteiger partial charge in [-0.2, -0.15) is 0 Å². The maximum absolute atomic E-state index is 11.9. The zero-order valence-electron chi connectivity index (χ0n) is 14.8. The molecule has 0 aromatic heterocycles. The molecule has 128 valence electrons. The van der Waals surface area contributed by atoms with Gasteiger partial charge in [-0.3, -0.25) is 0 Å². The predicted molar refractivity (Wildman–Crippen MR) is 99.0 cm³/mol. The lowest BCUT2D eigenvalue weighted by molar-refractivity contribution is 0.247. The molecule has 2 amide bonds. The highest BCUT2D eigenvalue weighted by Gasteiger charge is 2.04. The van der Waals surface area contributed by atoms with Crippen molar-refractivity contribution in [3.05, 3.63) is 59.2 Å². The van der Waals surface area contributed by atoms with Crippen LogP contribution in [0, 0.1) is 13.8 Å². The fraction of sp³-hybridized carbons (Fsp3) is 0.350. The molecule has 4 nitrogen and oxygen atoms in total. The Labute approximate surface area is 144 Å². The van der Waals surface area contributed by atoms with Gasteiger partial charge in [0.1, 0.15) is 12.4 Å². The molecule has 0 aliphatic heterocycles. The van der Waals surface area contributed by atoms with Gasteiger partial charge in [-0.25, -0.2) is 4.79 Å². The summed E-state index contributed by atoms with van der Waals surface area (Å²) in [4.78, 5) is 11.9. The number of amides is 2. The summed E-state index contributed by atoms with van der Waals surface area (Å²) in [5.41, 5.74) is 4.33. The molecular formula is C20H26N2O2. The number of hydrogen-bond acceptors (Lipinski definition) is 2. The number of urea groups is 1. The molecule has 24 heavy (non-hydrogen) atoms. The lowest BCUT2D eigenvalue weighted by atomic mass is 10.0. The summed E-state index contributed by atoms with van der Waals surface area (Å²) >= 11 is 0. The Balaban J connectivity index is 1.72. The van der Waals surface area contributed by atoms with E-state index in [0.29, 0.717) is 19.1 Å². The van der Waals surface area contributed by atoms with Gasteiger partial charge in [0, 0.05) is 5.69 Å². The monoisotopic (exact) mass is 326 g/mol. The molecule has 0 aliphatic carbocycles. The third kappa shape index (κ3) is 5.30. The molecule has 2 aromatic rings. The van der Waals surface area contributed by atoms with Gasteiger partial charge in [0.15, 0.2) is 0 Å². The lowest BCUT2D eigenvalue weighted by Crippen LogP contribution is -2.32. The third-order valence-corrected chi connectivity index (χ3v) is 3.83. The van der Waals surface area contributed by atoms with E-state index in [2.05, 4.69) is 36.6 Å². The SMILES string of the molecule is Cc1ccc(NC(=O)NCCOc2ccc(C(C)C)cc2)c(C)c1. The number of carbonyl (C=O) groups is 1. The second-order valence-electron chi connectivity index (χ2n) is 6.27. The number of nitrogens with one attached hydrogen (secondary N) is 2. The molecule has 0 spiro atoms. The largest absolute Gasteiger partial charge is 0.492 e. The van der Waals surface area contributed by atoms with E-state index in [4.69, 9.17) is 4.74 Å². The molecule has 0 heterocycles. The average Bonchev–Trinajstić information content (AvgIpc) is 2.55. The molecular weight excluding hydrogens is 300 g/mol. The van der Waals surface area contributed by atoms with Crippen molar-refractivity contribution in [1.29, 1.82) is 0 Å². The van der Waals surface area contributed by atoms with E-state index in [1.807, 2.05) is 44.2 Å². The highest BCUT2D eigenvalue weighted by molar-refractivity contribution is 5.90. The van der Waals surface area contributed by atoms with E-state index in [0.717, 1.165) is 17.0 Å². The van der Waals surface area contributed by atoms with Crippen molar-refractivity contribution in [3.63, 3.8) is 0 Å². The molecule has 0 unspecified atom stereocenters. The first kappa shape index (κ1) is 17.9. The van der Waals surface area contributed by atoms with Crippen LogP contribution in [0.15, 0.2) is 42.5 Å². The summed E-state index contributed by atoms with van der Waals surface area (Å²) in [5.74, 6) is 1.32. The minimum atomic E-state index is -0.222. The van der Waals surface area contributed by atoms with Crippen LogP contribution in [0.1, 0.15) is 36.5 Å². The average molecular weight is 326 g/mol. The van der Waals surface area contributed by atoms with Crippen LogP contribution >= 0.6 is 0 Å². The second-order valence-corrected chi connectivity index (χ2v) is 6.27. The molecule has 0 radical (unpaired) electrons. The number of benzene rings is 2. The van der Waals surface area contributed by atoms with Gasteiger partial charge in [-0.1, -0.05) is 43.7 Å². The minimum absolute atomic E-state index is 0.222. The number of ether oxygens (including phenoxy) is 1. The van der Waals surface area contributed by atoms with Crippen molar-refractivity contribution in [1.82, 2.24) is 5.32 Å². The molecule has 2 N–H and O–H groups in total. The van der Waals surface area contributed by atoms with Crippen LogP contribution in [0.25, 0.3) is 0 Å². The quantitative estimate of drug-likeness (QED) is 0.761. The standard InChI is InChI=1S/C20H26N2O2/c1-14(2)17-6-8-18(9-7-17)24-12-11-21-20(23)22-19-10-5-15(3)13-16(19)4/h5-10,13-14H,11-12H2,1-4H3,(H2,21,22,23). The van der Waals surface area contributed by atoms with Gasteiger partial charge in [0.25, 0.3) is 0 Å². The maximum atomic E-state index is 11.9. The fourth-order valence-electron chi connectivity index (χ4n) is 2.40. The van der Waals surface area contributed by atoms with E-state index in [-0.39, 0.29) is 6.03 Å². The maximum Gasteiger partial charge on any atom is 0.319 e. The third-order valence-electron chi connectivity index (χ3n) is 3.83. The normalized spacial score (nSPS) is 10.5. The molecule has 2 rings (SSSR count). The van der Waals surface area contributed by atoms with Crippen LogP contribution in [0.2, 0.25) is 0 Å². The molecule has 4 heteroatoms. The minimum Gasteiger partial charge on any atom is -0.492 e. The van der Waals surface area contributed by atoms with Gasteiger partial charge in [-0.05, 0) is 49.1 Å². The van der Waals surface area contributed by atoms with Crippen molar-refractivity contribution in [2.24, 2.45) is 0 Å². The number of hydrogen-bond donors (Lipinski definition) is 2. The summed E-state index contributed by atoms with van der Waals surface area (Å²) in [7, 11) is 0. The van der Waals surface area contributed by atoms with Crippen LogP contribution in [-0.4, -0.2) is 19.2 Å². The van der Waals surface area contributed by atoms with E-state index >= 15 is 0 Å². The van der Waals surface area contributed by atoms with Crippen molar-refractivity contribution >= 4 is 11.7 Å². The first-order chi connectivity index (χ1) is 11.5. The Morgan fingerprint density at radius 3 is 2.42 bits per heavy atom. The fourth-order valence-corrected chi connectivity index (χ4v) is 2.40. The number of carbonyl (C=O) groups excluding carboxylic acids is 1. The van der Waals surface area contributed by atoms with Gasteiger partial charge >= 0.3 is 6.03 Å². The summed E-state index contributed by atoms with van der Waals surface area (Å²) in [6.45, 7) is 9.21. The molecule has 0 bridgehead atoms. The van der Waals surface area contributed by atoms with Crippen LogP contribution in [0.3, 0.4) is 0 Å². The molecule has 2 aromatic carbocycles. The van der Waals surface area contributed by atoms with Crippen molar-refractivity contribution < 1.29 is 9.53 Å². The topological polar surface area (TPSA) is 50.4 Å². The van der Waals surface area contributed by atoms with Crippen LogP contribution < -0.4 is 15.4 Å². The van der Waals surface area contributed by atoms with Crippen molar-refractivity contribution in [3.8, 4) is 5.75 Å². The van der Waals surface area contributed by atoms with E-state index < -0.39 is 0 Å². The Morgan fingerprint density at radius 2 is 1.79 bits per heavy atom. The van der Waals surface area contributed by atoms with E-state index in [1.54, 1.807) is 0 Å². The summed E-state index contributed by atoms with van der Waals surface area (Å²) < 4.78 is 5.64. The Morgan fingerprint density at radius 1 is 1.08 bits per heavy atom. The Bertz CT molecular complexity index is 679. The number of aryl methyl sites for hydroxylation is 2. The van der Waals surface area contributed by atoms with E-state index in [9.17, 15) is 4.79 Å². The van der Waals surface area contributed by atoms with Crippen LogP contribution in [0.4, 0.5) is 10.5 Å². The van der Waals surface area contributed by atoms with Crippen molar-refractivity contribution in [2.45, 2.75) is 33.6 Å². The van der Waals surface area contributed by atoms with E-state index in [1.165, 1.54) is 11.1 Å². The second kappa shape index (κ2) is 8.39. The van der Waals surface area contributed by atoms with Crippen molar-refractivity contribution in [2.75, 3.05) is 18.5 Å². The zero-order valence-corrected chi connectivity index (χ0v) is 14.8. The van der Waals surface area contributed by atoms with Gasteiger partial charge < -0.3 is 15.4 Å². The highest BCUT2D eigenvalue weighted by atomic mass is 16.5. The van der Waals surface area contributed by atoms with Gasteiger partial charge in [-0.15, -0.1) is 0 Å². The van der Waals surface area contributed by atoms with Crippen LogP contribution in [-0.2, 0) is 0 Å². The molecule has 0 atom stereocenters. The molecule has 0 saturated heterocycles. The molecule has 0 fully saturated rings. The molecule has 0 saturated carbocycles.